The van der Waals surface area contributed by atoms with Crippen LogP contribution in [0.5, 0.6) is 5.75 Å². The largest absolute Gasteiger partial charge is 0.497 e. The fourth-order valence-corrected chi connectivity index (χ4v) is 4.18. The van der Waals surface area contributed by atoms with Gasteiger partial charge in [-0.25, -0.2) is 0 Å². The lowest BCUT2D eigenvalue weighted by Crippen LogP contribution is -2.29. The van der Waals surface area contributed by atoms with Crippen molar-refractivity contribution >= 4 is 16.9 Å². The van der Waals surface area contributed by atoms with E-state index in [9.17, 15) is 9.59 Å². The SMILES string of the molecule is COc1cccc([C@@H]2c3c(oc4ccccc4c3=O)C(=O)N2Cc2ccc(C)cc2)c1. The van der Waals surface area contributed by atoms with Crippen LogP contribution in [0.4, 0.5) is 0 Å². The Morgan fingerprint density at radius 2 is 1.74 bits per heavy atom. The third-order valence-electron chi connectivity index (χ3n) is 5.76. The van der Waals surface area contributed by atoms with Gasteiger partial charge in [0.15, 0.2) is 5.43 Å². The van der Waals surface area contributed by atoms with Crippen molar-refractivity contribution in [2.24, 2.45) is 0 Å². The molecule has 0 saturated carbocycles. The van der Waals surface area contributed by atoms with Gasteiger partial charge in [-0.3, -0.25) is 9.59 Å². The highest BCUT2D eigenvalue weighted by Crippen LogP contribution is 2.39. The van der Waals surface area contributed by atoms with Crippen molar-refractivity contribution in [3.8, 4) is 5.75 Å². The van der Waals surface area contributed by atoms with E-state index in [1.807, 2.05) is 55.5 Å². The molecule has 0 bridgehead atoms. The first-order chi connectivity index (χ1) is 15.1. The maximum absolute atomic E-state index is 13.5. The van der Waals surface area contributed by atoms with Gasteiger partial charge in [-0.2, -0.15) is 0 Å². The summed E-state index contributed by atoms with van der Waals surface area (Å²) in [5.74, 6) is 0.494. The predicted molar refractivity (Wildman–Crippen MR) is 118 cm³/mol. The van der Waals surface area contributed by atoms with Crippen molar-refractivity contribution in [3.05, 3.63) is 111 Å². The molecule has 0 unspecified atom stereocenters. The van der Waals surface area contributed by atoms with Crippen molar-refractivity contribution in [1.82, 2.24) is 4.90 Å². The van der Waals surface area contributed by atoms with Crippen molar-refractivity contribution in [2.75, 3.05) is 7.11 Å². The highest BCUT2D eigenvalue weighted by Gasteiger charge is 2.42. The molecule has 1 aliphatic heterocycles. The molecule has 5 heteroatoms. The number of methoxy groups -OCH3 is 1. The predicted octanol–water partition coefficient (Wildman–Crippen LogP) is 4.86. The number of nitrogens with zero attached hydrogens (tertiary/aromatic N) is 1. The van der Waals surface area contributed by atoms with E-state index in [1.165, 1.54) is 0 Å². The fourth-order valence-electron chi connectivity index (χ4n) is 4.18. The quantitative estimate of drug-likeness (QED) is 0.481. The summed E-state index contributed by atoms with van der Waals surface area (Å²) in [6.07, 6.45) is 0. The average molecular weight is 411 g/mol. The number of amides is 1. The van der Waals surface area contributed by atoms with E-state index in [1.54, 1.807) is 36.3 Å². The third kappa shape index (κ3) is 3.19. The minimum Gasteiger partial charge on any atom is -0.497 e. The number of carbonyl (C=O) groups excluding carboxylic acids is 1. The zero-order chi connectivity index (χ0) is 21.5. The molecule has 0 saturated heterocycles. The molecule has 0 aliphatic carbocycles. The lowest BCUT2D eigenvalue weighted by Gasteiger charge is -2.25. The Balaban J connectivity index is 1.71. The van der Waals surface area contributed by atoms with Crippen LogP contribution in [-0.4, -0.2) is 17.9 Å². The van der Waals surface area contributed by atoms with Crippen LogP contribution >= 0.6 is 0 Å². The summed E-state index contributed by atoms with van der Waals surface area (Å²) in [7, 11) is 1.60. The van der Waals surface area contributed by atoms with E-state index >= 15 is 0 Å². The van der Waals surface area contributed by atoms with Crippen LogP contribution in [0.25, 0.3) is 11.0 Å². The Hall–Kier alpha value is -3.86. The van der Waals surface area contributed by atoms with E-state index < -0.39 is 6.04 Å². The lowest BCUT2D eigenvalue weighted by atomic mass is 9.98. The van der Waals surface area contributed by atoms with Gasteiger partial charge >= 0.3 is 0 Å². The first-order valence-corrected chi connectivity index (χ1v) is 10.1. The summed E-state index contributed by atoms with van der Waals surface area (Å²) in [6.45, 7) is 2.38. The first kappa shape index (κ1) is 19.1. The number of aryl methyl sites for hydroxylation is 1. The Labute approximate surface area is 179 Å². The second-order valence-electron chi connectivity index (χ2n) is 7.77. The molecule has 0 N–H and O–H groups in total. The van der Waals surface area contributed by atoms with Crippen LogP contribution in [0.1, 0.15) is 38.9 Å². The Kier molecular flexibility index (Phi) is 4.59. The van der Waals surface area contributed by atoms with Crippen LogP contribution in [0.15, 0.2) is 82.0 Å². The van der Waals surface area contributed by atoms with E-state index in [0.29, 0.717) is 28.8 Å². The number of para-hydroxylation sites is 1. The van der Waals surface area contributed by atoms with Crippen LogP contribution in [0, 0.1) is 6.92 Å². The summed E-state index contributed by atoms with van der Waals surface area (Å²) in [4.78, 5) is 28.6. The second-order valence-corrected chi connectivity index (χ2v) is 7.77. The number of rotatable bonds is 4. The number of carbonyl (C=O) groups is 1. The number of fused-ring (bicyclic) bond motifs is 2. The van der Waals surface area contributed by atoms with Crippen LogP contribution in [-0.2, 0) is 6.54 Å². The molecule has 5 nitrogen and oxygen atoms in total. The highest BCUT2D eigenvalue weighted by atomic mass is 16.5. The van der Waals surface area contributed by atoms with Crippen molar-refractivity contribution in [2.45, 2.75) is 19.5 Å². The normalized spacial score (nSPS) is 15.4. The second kappa shape index (κ2) is 7.43. The van der Waals surface area contributed by atoms with E-state index in [4.69, 9.17) is 9.15 Å². The van der Waals surface area contributed by atoms with E-state index in [-0.39, 0.29) is 17.1 Å². The van der Waals surface area contributed by atoms with Gasteiger partial charge in [-0.1, -0.05) is 54.1 Å². The fraction of sp³-hybridized carbons (Fsp3) is 0.154. The minimum atomic E-state index is -0.556. The maximum atomic E-state index is 13.5. The molecule has 1 atom stereocenters. The Morgan fingerprint density at radius 1 is 0.968 bits per heavy atom. The van der Waals surface area contributed by atoms with Gasteiger partial charge in [-0.05, 0) is 42.3 Å². The molecule has 4 aromatic rings. The van der Waals surface area contributed by atoms with Gasteiger partial charge in [0.25, 0.3) is 5.91 Å². The molecule has 2 heterocycles. The van der Waals surface area contributed by atoms with Gasteiger partial charge in [-0.15, -0.1) is 0 Å². The molecular formula is C26H21NO4. The molecule has 1 aromatic heterocycles. The summed E-state index contributed by atoms with van der Waals surface area (Å²) < 4.78 is 11.4. The molecule has 5 rings (SSSR count). The minimum absolute atomic E-state index is 0.114. The van der Waals surface area contributed by atoms with Crippen molar-refractivity contribution in [3.63, 3.8) is 0 Å². The van der Waals surface area contributed by atoms with Gasteiger partial charge in [0.1, 0.15) is 11.3 Å². The average Bonchev–Trinajstić information content (AvgIpc) is 3.07. The first-order valence-electron chi connectivity index (χ1n) is 10.1. The molecule has 0 spiro atoms. The molecule has 0 radical (unpaired) electrons. The van der Waals surface area contributed by atoms with E-state index in [2.05, 4.69) is 0 Å². The Bertz CT molecular complexity index is 1350. The van der Waals surface area contributed by atoms with Gasteiger partial charge in [0.2, 0.25) is 5.76 Å². The summed E-state index contributed by atoms with van der Waals surface area (Å²) in [6, 6.07) is 22.0. The zero-order valence-electron chi connectivity index (χ0n) is 17.3. The molecule has 3 aromatic carbocycles. The van der Waals surface area contributed by atoms with E-state index in [0.717, 1.165) is 16.7 Å². The zero-order valence-corrected chi connectivity index (χ0v) is 17.3. The van der Waals surface area contributed by atoms with Crippen molar-refractivity contribution < 1.29 is 13.9 Å². The van der Waals surface area contributed by atoms with Crippen molar-refractivity contribution in [1.29, 1.82) is 0 Å². The summed E-state index contributed by atoms with van der Waals surface area (Å²) in [5.41, 5.74) is 3.56. The molecule has 31 heavy (non-hydrogen) atoms. The monoisotopic (exact) mass is 411 g/mol. The van der Waals surface area contributed by atoms with Gasteiger partial charge < -0.3 is 14.1 Å². The molecule has 154 valence electrons. The lowest BCUT2D eigenvalue weighted by molar-refractivity contribution is 0.0714. The third-order valence-corrected chi connectivity index (χ3v) is 5.76. The van der Waals surface area contributed by atoms with Crippen LogP contribution in [0.2, 0.25) is 0 Å². The van der Waals surface area contributed by atoms with Gasteiger partial charge in [0.05, 0.1) is 24.1 Å². The number of hydrogen-bond acceptors (Lipinski definition) is 4. The summed E-state index contributed by atoms with van der Waals surface area (Å²) >= 11 is 0. The number of ether oxygens (including phenoxy) is 1. The number of benzene rings is 3. The Morgan fingerprint density at radius 3 is 2.52 bits per heavy atom. The van der Waals surface area contributed by atoms with Crippen LogP contribution < -0.4 is 10.2 Å². The topological polar surface area (TPSA) is 59.8 Å². The highest BCUT2D eigenvalue weighted by molar-refractivity contribution is 5.99. The smallest absolute Gasteiger partial charge is 0.291 e. The maximum Gasteiger partial charge on any atom is 0.291 e. The molecular weight excluding hydrogens is 390 g/mol. The summed E-state index contributed by atoms with van der Waals surface area (Å²) in [5, 5.41) is 0.471. The molecule has 0 fully saturated rings. The van der Waals surface area contributed by atoms with Gasteiger partial charge in [0, 0.05) is 6.54 Å². The molecule has 1 aliphatic rings. The standard InChI is InChI=1S/C26H21NO4/c1-16-10-12-17(13-11-16)15-27-23(18-6-5-7-19(14-18)30-2)22-24(28)20-8-3-4-9-21(20)31-25(22)26(27)29/h3-14,23H,15H2,1-2H3/t23-/m1/s1. The molecule has 1 amide bonds. The number of hydrogen-bond donors (Lipinski definition) is 0. The van der Waals surface area contributed by atoms with Crippen LogP contribution in [0.3, 0.4) is 0 Å².